The van der Waals surface area contributed by atoms with Crippen molar-refractivity contribution in [3.05, 3.63) is 66.1 Å². The van der Waals surface area contributed by atoms with Gasteiger partial charge in [-0.1, -0.05) is 0 Å². The Balaban J connectivity index is 1.27. The molecule has 4 aromatic heterocycles. The van der Waals surface area contributed by atoms with Crippen LogP contribution >= 0.6 is 0 Å². The number of H-pyrrole nitrogens is 1. The highest BCUT2D eigenvalue weighted by Gasteiger charge is 2.38. The van der Waals surface area contributed by atoms with Crippen molar-refractivity contribution in [1.29, 1.82) is 0 Å². The predicted molar refractivity (Wildman–Crippen MR) is 132 cm³/mol. The van der Waals surface area contributed by atoms with Crippen molar-refractivity contribution >= 4 is 11.5 Å². The molecule has 0 spiro atoms. The second-order valence-electron chi connectivity index (χ2n) is 9.03. The van der Waals surface area contributed by atoms with Crippen LogP contribution in [0.5, 0.6) is 6.01 Å². The first-order valence-electron chi connectivity index (χ1n) is 12.1. The van der Waals surface area contributed by atoms with Gasteiger partial charge in [0.25, 0.3) is 5.82 Å². The number of imidazole rings is 1. The van der Waals surface area contributed by atoms with Crippen molar-refractivity contribution in [3.63, 3.8) is 0 Å². The first-order chi connectivity index (χ1) is 18.8. The van der Waals surface area contributed by atoms with Gasteiger partial charge in [0.05, 0.1) is 24.2 Å². The standard InChI is InChI=1S/C25H21F4N9O/c1-39-24-30-11-8-17(31-24)21-20(14-2-4-16(26)5-3-14)32-22(33-21)15-9-12-37(13-10-15)19-7-6-18-34-35-23(25(27,28)29)38(18)36-19/h2-8,11,15H,9-10,12-13H2,1H3,(H,32,33). The van der Waals surface area contributed by atoms with Crippen LogP contribution in [0.2, 0.25) is 0 Å². The zero-order valence-electron chi connectivity index (χ0n) is 20.5. The number of ether oxygens (including phenoxy) is 1. The maximum absolute atomic E-state index is 13.6. The quantitative estimate of drug-likeness (QED) is 0.325. The number of hydrogen-bond acceptors (Lipinski definition) is 8. The molecule has 1 aromatic carbocycles. The molecule has 14 heteroatoms. The number of alkyl halides is 3. The van der Waals surface area contributed by atoms with Gasteiger partial charge in [-0.3, -0.25) is 0 Å². The lowest BCUT2D eigenvalue weighted by Gasteiger charge is -2.31. The summed E-state index contributed by atoms with van der Waals surface area (Å²) in [5.41, 5.74) is 2.59. The molecule has 0 amide bonds. The number of piperidine rings is 1. The van der Waals surface area contributed by atoms with Gasteiger partial charge in [0, 0.05) is 30.8 Å². The number of fused-ring (bicyclic) bond motifs is 1. The highest BCUT2D eigenvalue weighted by atomic mass is 19.4. The molecule has 0 bridgehead atoms. The normalized spacial score (nSPS) is 14.7. The average molecular weight is 539 g/mol. The Bertz CT molecular complexity index is 1620. The molecule has 0 aliphatic carbocycles. The lowest BCUT2D eigenvalue weighted by Crippen LogP contribution is -2.34. The second-order valence-corrected chi connectivity index (χ2v) is 9.03. The van der Waals surface area contributed by atoms with Crippen LogP contribution in [-0.4, -0.2) is 59.9 Å². The Morgan fingerprint density at radius 3 is 2.46 bits per heavy atom. The van der Waals surface area contributed by atoms with Gasteiger partial charge in [0.2, 0.25) is 0 Å². The highest BCUT2D eigenvalue weighted by Crippen LogP contribution is 2.35. The number of benzene rings is 1. The van der Waals surface area contributed by atoms with E-state index in [0.717, 1.165) is 15.9 Å². The fourth-order valence-electron chi connectivity index (χ4n) is 4.67. The molecule has 0 saturated carbocycles. The fraction of sp³-hybridized carbons (Fsp3) is 0.280. The molecule has 39 heavy (non-hydrogen) atoms. The number of rotatable bonds is 5. The van der Waals surface area contributed by atoms with E-state index in [1.807, 2.05) is 4.90 Å². The van der Waals surface area contributed by atoms with Crippen LogP contribution in [0.15, 0.2) is 48.7 Å². The first-order valence-corrected chi connectivity index (χ1v) is 12.1. The van der Waals surface area contributed by atoms with E-state index in [9.17, 15) is 17.6 Å². The van der Waals surface area contributed by atoms with Gasteiger partial charge >= 0.3 is 12.2 Å². The number of methoxy groups -OCH3 is 1. The van der Waals surface area contributed by atoms with Gasteiger partial charge in [-0.25, -0.2) is 14.4 Å². The molecule has 1 aliphatic heterocycles. The summed E-state index contributed by atoms with van der Waals surface area (Å²) in [6.45, 7) is 1.10. The third-order valence-corrected chi connectivity index (χ3v) is 6.62. The van der Waals surface area contributed by atoms with Gasteiger partial charge in [-0.15, -0.1) is 15.3 Å². The number of nitrogens with one attached hydrogen (secondary N) is 1. The summed E-state index contributed by atoms with van der Waals surface area (Å²) in [6.07, 6.45) is -1.72. The minimum atomic E-state index is -4.66. The van der Waals surface area contributed by atoms with Crippen LogP contribution in [0.25, 0.3) is 28.3 Å². The molecule has 200 valence electrons. The van der Waals surface area contributed by atoms with E-state index < -0.39 is 12.0 Å². The van der Waals surface area contributed by atoms with E-state index in [0.29, 0.717) is 48.8 Å². The summed E-state index contributed by atoms with van der Waals surface area (Å²) in [5, 5.41) is 11.0. The SMILES string of the molecule is COc1nccc(-c2[nH]c(C3CCN(c4ccc5nnc(C(F)(F)F)n5n4)CC3)nc2-c2ccc(F)cc2)n1. The van der Waals surface area contributed by atoms with Gasteiger partial charge in [0.1, 0.15) is 17.5 Å². The molecule has 1 aliphatic rings. The summed E-state index contributed by atoms with van der Waals surface area (Å²) >= 11 is 0. The molecule has 0 radical (unpaired) electrons. The maximum atomic E-state index is 13.6. The van der Waals surface area contributed by atoms with E-state index in [-0.39, 0.29) is 23.4 Å². The lowest BCUT2D eigenvalue weighted by atomic mass is 9.96. The molecule has 0 unspecified atom stereocenters. The van der Waals surface area contributed by atoms with Gasteiger partial charge < -0.3 is 14.6 Å². The number of anilines is 1. The van der Waals surface area contributed by atoms with Crippen LogP contribution in [0.3, 0.4) is 0 Å². The smallest absolute Gasteiger partial charge is 0.453 e. The van der Waals surface area contributed by atoms with Crippen molar-refractivity contribution in [2.45, 2.75) is 24.9 Å². The number of aromatic amines is 1. The molecule has 1 N–H and O–H groups in total. The molecule has 1 fully saturated rings. The van der Waals surface area contributed by atoms with Crippen LogP contribution in [0.1, 0.15) is 30.4 Å². The summed E-state index contributed by atoms with van der Waals surface area (Å²) in [4.78, 5) is 18.7. The zero-order valence-corrected chi connectivity index (χ0v) is 20.5. The van der Waals surface area contributed by atoms with E-state index in [2.05, 4.69) is 30.2 Å². The Morgan fingerprint density at radius 2 is 1.74 bits per heavy atom. The summed E-state index contributed by atoms with van der Waals surface area (Å²) in [5.74, 6) is -0.323. The summed E-state index contributed by atoms with van der Waals surface area (Å²) < 4.78 is 59.4. The second kappa shape index (κ2) is 9.60. The Hall–Kier alpha value is -4.62. The zero-order chi connectivity index (χ0) is 27.1. The molecule has 6 rings (SSSR count). The number of aromatic nitrogens is 8. The van der Waals surface area contributed by atoms with Crippen LogP contribution < -0.4 is 9.64 Å². The summed E-state index contributed by atoms with van der Waals surface area (Å²) in [7, 11) is 1.48. The van der Waals surface area contributed by atoms with E-state index in [4.69, 9.17) is 9.72 Å². The van der Waals surface area contributed by atoms with Gasteiger partial charge in [-0.05, 0) is 55.3 Å². The molecule has 5 aromatic rings. The van der Waals surface area contributed by atoms with E-state index >= 15 is 0 Å². The Kier molecular flexibility index (Phi) is 6.08. The van der Waals surface area contributed by atoms with E-state index in [1.165, 1.54) is 25.3 Å². The van der Waals surface area contributed by atoms with Crippen molar-refractivity contribution < 1.29 is 22.3 Å². The Labute approximate surface area is 218 Å². The maximum Gasteiger partial charge on any atom is 0.453 e. The van der Waals surface area contributed by atoms with Crippen molar-refractivity contribution in [2.75, 3.05) is 25.1 Å². The lowest BCUT2D eigenvalue weighted by molar-refractivity contribution is -0.146. The third-order valence-electron chi connectivity index (χ3n) is 6.62. The molecular formula is C25H21F4N9O. The third kappa shape index (κ3) is 4.73. The van der Waals surface area contributed by atoms with Crippen molar-refractivity contribution in [1.82, 2.24) is 39.7 Å². The average Bonchev–Trinajstić information content (AvgIpc) is 3.58. The number of nitrogens with zero attached hydrogens (tertiary/aromatic N) is 8. The summed E-state index contributed by atoms with van der Waals surface area (Å²) in [6, 6.07) is 11.1. The number of halogens is 4. The van der Waals surface area contributed by atoms with Gasteiger partial charge in [-0.2, -0.15) is 22.7 Å². The molecule has 0 atom stereocenters. The van der Waals surface area contributed by atoms with Crippen molar-refractivity contribution in [2.24, 2.45) is 0 Å². The van der Waals surface area contributed by atoms with Gasteiger partial charge in [0.15, 0.2) is 5.65 Å². The molecular weight excluding hydrogens is 518 g/mol. The minimum Gasteiger partial charge on any atom is -0.467 e. The van der Waals surface area contributed by atoms with E-state index in [1.54, 1.807) is 30.5 Å². The van der Waals surface area contributed by atoms with Crippen LogP contribution in [-0.2, 0) is 6.18 Å². The topological polar surface area (TPSA) is 110 Å². The minimum absolute atomic E-state index is 0.0266. The predicted octanol–water partition coefficient (Wildman–Crippen LogP) is 4.52. The first kappa shape index (κ1) is 24.7. The number of hydrogen-bond donors (Lipinski definition) is 1. The fourth-order valence-corrected chi connectivity index (χ4v) is 4.67. The van der Waals surface area contributed by atoms with Crippen LogP contribution in [0, 0.1) is 5.82 Å². The van der Waals surface area contributed by atoms with Crippen LogP contribution in [0.4, 0.5) is 23.4 Å². The molecule has 10 nitrogen and oxygen atoms in total. The highest BCUT2D eigenvalue weighted by molar-refractivity contribution is 5.76. The largest absolute Gasteiger partial charge is 0.467 e. The molecule has 1 saturated heterocycles. The molecule has 5 heterocycles. The Morgan fingerprint density at radius 1 is 0.974 bits per heavy atom. The monoisotopic (exact) mass is 539 g/mol. The van der Waals surface area contributed by atoms with Crippen molar-refractivity contribution in [3.8, 4) is 28.7 Å².